The van der Waals surface area contributed by atoms with E-state index in [0.29, 0.717) is 4.73 Å². The molecule has 0 aliphatic carbocycles. The maximum absolute atomic E-state index is 12.1. The molecule has 1 N–H and O–H groups in total. The van der Waals surface area contributed by atoms with E-state index in [2.05, 4.69) is 4.72 Å². The molecule has 0 aliphatic rings. The van der Waals surface area contributed by atoms with Crippen molar-refractivity contribution >= 4 is 27.3 Å². The average molecular weight is 299 g/mol. The highest BCUT2D eigenvalue weighted by Gasteiger charge is 2.18. The summed E-state index contributed by atoms with van der Waals surface area (Å²) in [5.74, 6) is 0. The molecule has 5 nitrogen and oxygen atoms in total. The Morgan fingerprint density at radius 2 is 1.79 bits per heavy atom. The van der Waals surface area contributed by atoms with Gasteiger partial charge in [0.25, 0.3) is 15.2 Å². The van der Waals surface area contributed by atoms with Gasteiger partial charge in [-0.15, -0.1) is 0 Å². The molecule has 0 amide bonds. The van der Waals surface area contributed by atoms with Gasteiger partial charge in [-0.3, -0.25) is 4.72 Å². The zero-order valence-electron chi connectivity index (χ0n) is 10.00. The Bertz CT molecular complexity index is 702. The molecule has 2 rings (SSSR count). The normalized spacial score (nSPS) is 11.3. The third-order valence-corrected chi connectivity index (χ3v) is 4.23. The monoisotopic (exact) mass is 298 g/mol. The smallest absolute Gasteiger partial charge is 0.286 e. The molecule has 0 atom stereocenters. The maximum atomic E-state index is 12.1. The fourth-order valence-electron chi connectivity index (χ4n) is 1.52. The molecule has 0 spiro atoms. The minimum Gasteiger partial charge on any atom is -0.617 e. The number of rotatable bonds is 3. The number of hydrogen-bond donors (Lipinski definition) is 1. The van der Waals surface area contributed by atoms with Gasteiger partial charge in [0.05, 0.1) is 4.90 Å². The topological polar surface area (TPSA) is 73.1 Å². The van der Waals surface area contributed by atoms with Gasteiger partial charge < -0.3 is 5.21 Å². The van der Waals surface area contributed by atoms with E-state index in [1.54, 1.807) is 18.2 Å². The Morgan fingerprint density at radius 3 is 2.42 bits per heavy atom. The molecular formula is C12H11ClN2O3S. The lowest BCUT2D eigenvalue weighted by molar-refractivity contribution is -0.609. The van der Waals surface area contributed by atoms with E-state index >= 15 is 0 Å². The van der Waals surface area contributed by atoms with Crippen LogP contribution in [0, 0.1) is 12.1 Å². The Kier molecular flexibility index (Phi) is 3.64. The van der Waals surface area contributed by atoms with Crippen molar-refractivity contribution in [3.8, 4) is 0 Å². The molecule has 1 heterocycles. The number of sulfonamides is 1. The summed E-state index contributed by atoms with van der Waals surface area (Å²) in [4.78, 5) is 0.127. The third kappa shape index (κ3) is 2.80. The molecule has 0 fully saturated rings. The molecule has 1 aromatic heterocycles. The summed E-state index contributed by atoms with van der Waals surface area (Å²) >= 11 is 5.65. The predicted molar refractivity (Wildman–Crippen MR) is 72.4 cm³/mol. The molecule has 0 aliphatic heterocycles. The highest BCUT2D eigenvalue weighted by Crippen LogP contribution is 2.18. The van der Waals surface area contributed by atoms with Crippen molar-refractivity contribution in [3.05, 3.63) is 58.5 Å². The lowest BCUT2D eigenvalue weighted by atomic mass is 10.3. The summed E-state index contributed by atoms with van der Waals surface area (Å²) in [6.45, 7) is 1.49. The lowest BCUT2D eigenvalue weighted by Crippen LogP contribution is -2.32. The van der Waals surface area contributed by atoms with E-state index in [1.807, 2.05) is 0 Å². The number of halogens is 1. The first-order valence-electron chi connectivity index (χ1n) is 5.38. The number of anilines is 1. The minimum atomic E-state index is -3.71. The van der Waals surface area contributed by atoms with Gasteiger partial charge in [0, 0.05) is 13.0 Å². The fraction of sp³-hybridized carbons (Fsp3) is 0.0833. The fourth-order valence-corrected chi connectivity index (χ4v) is 2.85. The Balaban J connectivity index is 2.40. The van der Waals surface area contributed by atoms with Gasteiger partial charge in [-0.05, 0) is 29.8 Å². The SMILES string of the molecule is Cc1c(NS(=O)(=O)c2ccccc2)ccc(Cl)[n+]1[O-]. The second-order valence-electron chi connectivity index (χ2n) is 3.87. The van der Waals surface area contributed by atoms with E-state index in [4.69, 9.17) is 11.6 Å². The molecule has 2 aromatic rings. The summed E-state index contributed by atoms with van der Waals surface area (Å²) in [7, 11) is -3.71. The van der Waals surface area contributed by atoms with E-state index in [-0.39, 0.29) is 21.4 Å². The number of benzene rings is 1. The van der Waals surface area contributed by atoms with Crippen LogP contribution in [0.2, 0.25) is 5.15 Å². The first kappa shape index (κ1) is 13.6. The Hall–Kier alpha value is -1.79. The highest BCUT2D eigenvalue weighted by molar-refractivity contribution is 7.92. The van der Waals surface area contributed by atoms with Crippen LogP contribution in [0.1, 0.15) is 5.69 Å². The number of nitrogens with zero attached hydrogens (tertiary/aromatic N) is 1. The van der Waals surface area contributed by atoms with Gasteiger partial charge in [0.1, 0.15) is 5.69 Å². The van der Waals surface area contributed by atoms with Crippen LogP contribution in [-0.2, 0) is 10.0 Å². The van der Waals surface area contributed by atoms with Crippen LogP contribution in [0.25, 0.3) is 0 Å². The van der Waals surface area contributed by atoms with Crippen LogP contribution in [0.4, 0.5) is 5.69 Å². The van der Waals surface area contributed by atoms with Crippen molar-refractivity contribution in [2.75, 3.05) is 4.72 Å². The van der Waals surface area contributed by atoms with Crippen molar-refractivity contribution in [3.63, 3.8) is 0 Å². The first-order valence-corrected chi connectivity index (χ1v) is 7.24. The van der Waals surface area contributed by atoms with Crippen molar-refractivity contribution < 1.29 is 13.1 Å². The zero-order chi connectivity index (χ0) is 14.0. The van der Waals surface area contributed by atoms with E-state index in [9.17, 15) is 13.6 Å². The summed E-state index contributed by atoms with van der Waals surface area (Å²) in [6.07, 6.45) is 0. The van der Waals surface area contributed by atoms with Gasteiger partial charge in [-0.1, -0.05) is 18.2 Å². The number of nitrogens with one attached hydrogen (secondary N) is 1. The van der Waals surface area contributed by atoms with Crippen LogP contribution in [0.3, 0.4) is 0 Å². The molecule has 0 radical (unpaired) electrons. The molecule has 1 aromatic carbocycles. The summed E-state index contributed by atoms with van der Waals surface area (Å²) in [5.41, 5.74) is 0.384. The lowest BCUT2D eigenvalue weighted by Gasteiger charge is -2.10. The second-order valence-corrected chi connectivity index (χ2v) is 5.94. The van der Waals surface area contributed by atoms with Gasteiger partial charge in [0.2, 0.25) is 5.69 Å². The molecule has 0 unspecified atom stereocenters. The molecule has 0 saturated heterocycles. The van der Waals surface area contributed by atoms with E-state index in [1.165, 1.54) is 31.2 Å². The predicted octanol–water partition coefficient (Wildman–Crippen LogP) is 2.08. The second kappa shape index (κ2) is 5.07. The van der Waals surface area contributed by atoms with Gasteiger partial charge in [-0.25, -0.2) is 8.42 Å². The summed E-state index contributed by atoms with van der Waals surface area (Å²) < 4.78 is 27.0. The quantitative estimate of drug-likeness (QED) is 0.536. The largest absolute Gasteiger partial charge is 0.617 e. The van der Waals surface area contributed by atoms with Crippen molar-refractivity contribution in [2.45, 2.75) is 11.8 Å². The van der Waals surface area contributed by atoms with Crippen LogP contribution in [0.15, 0.2) is 47.4 Å². The molecule has 0 bridgehead atoms. The van der Waals surface area contributed by atoms with Gasteiger partial charge in [0.15, 0.2) is 0 Å². The highest BCUT2D eigenvalue weighted by atomic mass is 35.5. The third-order valence-electron chi connectivity index (χ3n) is 2.57. The standard InChI is InChI=1S/C12H11ClN2O3S/c1-9-11(7-8-12(13)15(9)16)14-19(17,18)10-5-3-2-4-6-10/h2-8,14H,1H3. The van der Waals surface area contributed by atoms with Crippen molar-refractivity contribution in [1.82, 2.24) is 0 Å². The number of pyridine rings is 1. The van der Waals surface area contributed by atoms with Crippen LogP contribution in [-0.4, -0.2) is 8.42 Å². The minimum absolute atomic E-state index is 0.0137. The Labute approximate surface area is 116 Å². The molecular weight excluding hydrogens is 288 g/mol. The zero-order valence-corrected chi connectivity index (χ0v) is 11.6. The van der Waals surface area contributed by atoms with Gasteiger partial charge >= 0.3 is 0 Å². The molecule has 19 heavy (non-hydrogen) atoms. The van der Waals surface area contributed by atoms with E-state index in [0.717, 1.165) is 0 Å². The van der Waals surface area contributed by atoms with Crippen molar-refractivity contribution in [2.24, 2.45) is 0 Å². The van der Waals surface area contributed by atoms with Crippen molar-refractivity contribution in [1.29, 1.82) is 0 Å². The maximum Gasteiger partial charge on any atom is 0.286 e. The number of hydrogen-bond acceptors (Lipinski definition) is 3. The number of aromatic nitrogens is 1. The van der Waals surface area contributed by atoms with Crippen LogP contribution < -0.4 is 9.45 Å². The van der Waals surface area contributed by atoms with E-state index < -0.39 is 10.0 Å². The van der Waals surface area contributed by atoms with Gasteiger partial charge in [-0.2, -0.15) is 4.73 Å². The Morgan fingerprint density at radius 1 is 1.16 bits per heavy atom. The van der Waals surface area contributed by atoms with Crippen LogP contribution in [0.5, 0.6) is 0 Å². The van der Waals surface area contributed by atoms with Crippen LogP contribution >= 0.6 is 11.6 Å². The molecule has 7 heteroatoms. The summed E-state index contributed by atoms with van der Waals surface area (Å²) in [5, 5.41) is 11.5. The molecule has 100 valence electrons. The molecule has 0 saturated carbocycles. The average Bonchev–Trinajstić information content (AvgIpc) is 2.40. The summed E-state index contributed by atoms with van der Waals surface area (Å²) in [6, 6.07) is 10.7. The first-order chi connectivity index (χ1) is 8.92.